The molecule has 0 unspecified atom stereocenters. The number of pyridine rings is 1. The van der Waals surface area contributed by atoms with Gasteiger partial charge in [0.15, 0.2) is 9.84 Å². The second-order valence-corrected chi connectivity index (χ2v) is 9.36. The van der Waals surface area contributed by atoms with Crippen molar-refractivity contribution in [1.29, 1.82) is 0 Å². The summed E-state index contributed by atoms with van der Waals surface area (Å²) in [5.74, 6) is -0.347. The van der Waals surface area contributed by atoms with Crippen LogP contribution in [0.4, 0.5) is 0 Å². The minimum absolute atomic E-state index is 0.0104. The van der Waals surface area contributed by atoms with Crippen molar-refractivity contribution in [2.24, 2.45) is 0 Å². The van der Waals surface area contributed by atoms with E-state index in [1.165, 1.54) is 17.5 Å². The van der Waals surface area contributed by atoms with Crippen molar-refractivity contribution in [3.8, 4) is 0 Å². The zero-order valence-corrected chi connectivity index (χ0v) is 16.7. The highest BCUT2D eigenvalue weighted by Crippen LogP contribution is 2.32. The molecule has 1 atom stereocenters. The molecule has 140 valence electrons. The maximum absolute atomic E-state index is 13.3. The Morgan fingerprint density at radius 3 is 2.59 bits per heavy atom. The standard InChI is InChI=1S/C20H20N2O3S2/c1-14-7-8-17(11-15(14)2)27(24,25)19(18-6-4-10-26-18)13-22-20(23)16-5-3-9-21-12-16/h3-12,19H,13H2,1-2H3,(H,22,23)/t19-/m0/s1. The number of carbonyl (C=O) groups is 1. The van der Waals surface area contributed by atoms with Crippen LogP contribution in [-0.2, 0) is 9.84 Å². The third-order valence-corrected chi connectivity index (χ3v) is 7.63. The topological polar surface area (TPSA) is 76.1 Å². The molecule has 0 aliphatic carbocycles. The molecule has 0 radical (unpaired) electrons. The smallest absolute Gasteiger partial charge is 0.252 e. The van der Waals surface area contributed by atoms with Gasteiger partial charge in [-0.05, 0) is 60.7 Å². The number of hydrogen-bond donors (Lipinski definition) is 1. The summed E-state index contributed by atoms with van der Waals surface area (Å²) in [5.41, 5.74) is 2.35. The lowest BCUT2D eigenvalue weighted by molar-refractivity contribution is 0.0953. The van der Waals surface area contributed by atoms with E-state index >= 15 is 0 Å². The highest BCUT2D eigenvalue weighted by Gasteiger charge is 2.30. The lowest BCUT2D eigenvalue weighted by Crippen LogP contribution is -2.31. The fourth-order valence-electron chi connectivity index (χ4n) is 2.68. The van der Waals surface area contributed by atoms with Gasteiger partial charge >= 0.3 is 0 Å². The van der Waals surface area contributed by atoms with E-state index in [4.69, 9.17) is 0 Å². The molecule has 0 bridgehead atoms. The predicted molar refractivity (Wildman–Crippen MR) is 107 cm³/mol. The number of carbonyl (C=O) groups excluding carboxylic acids is 1. The van der Waals surface area contributed by atoms with Crippen molar-refractivity contribution in [3.63, 3.8) is 0 Å². The largest absolute Gasteiger partial charge is 0.350 e. The molecule has 7 heteroatoms. The van der Waals surface area contributed by atoms with Crippen LogP contribution in [0.15, 0.2) is 65.1 Å². The summed E-state index contributed by atoms with van der Waals surface area (Å²) in [6.07, 6.45) is 3.03. The van der Waals surface area contributed by atoms with Crippen molar-refractivity contribution in [1.82, 2.24) is 10.3 Å². The average molecular weight is 401 g/mol. The van der Waals surface area contributed by atoms with E-state index < -0.39 is 15.1 Å². The van der Waals surface area contributed by atoms with Crippen LogP contribution in [-0.4, -0.2) is 25.9 Å². The molecule has 0 spiro atoms. The Morgan fingerprint density at radius 1 is 1.15 bits per heavy atom. The number of aromatic nitrogens is 1. The second-order valence-electron chi connectivity index (χ2n) is 6.25. The van der Waals surface area contributed by atoms with Crippen molar-refractivity contribution in [3.05, 3.63) is 81.8 Å². The monoisotopic (exact) mass is 400 g/mol. The number of thiophene rings is 1. The minimum Gasteiger partial charge on any atom is -0.350 e. The molecule has 3 rings (SSSR count). The molecule has 1 N–H and O–H groups in total. The number of nitrogens with one attached hydrogen (secondary N) is 1. The molecule has 0 saturated heterocycles. The molecule has 2 aromatic heterocycles. The van der Waals surface area contributed by atoms with Crippen molar-refractivity contribution < 1.29 is 13.2 Å². The van der Waals surface area contributed by atoms with Gasteiger partial charge in [0, 0.05) is 23.8 Å². The van der Waals surface area contributed by atoms with Crippen LogP contribution >= 0.6 is 11.3 Å². The third kappa shape index (κ3) is 4.26. The number of amides is 1. The van der Waals surface area contributed by atoms with Crippen molar-refractivity contribution >= 4 is 27.1 Å². The molecule has 2 heterocycles. The maximum Gasteiger partial charge on any atom is 0.252 e. The van der Waals surface area contributed by atoms with Gasteiger partial charge in [0.25, 0.3) is 5.91 Å². The Bertz CT molecular complexity index is 1030. The molecule has 1 aromatic carbocycles. The van der Waals surface area contributed by atoms with E-state index in [-0.39, 0.29) is 17.3 Å². The molecule has 0 aliphatic heterocycles. The highest BCUT2D eigenvalue weighted by molar-refractivity contribution is 7.91. The molecule has 5 nitrogen and oxygen atoms in total. The van der Waals surface area contributed by atoms with Crippen molar-refractivity contribution in [2.45, 2.75) is 24.0 Å². The molecule has 0 saturated carbocycles. The summed E-state index contributed by atoms with van der Waals surface area (Å²) in [7, 11) is -3.66. The zero-order chi connectivity index (χ0) is 19.4. The van der Waals surface area contributed by atoms with Gasteiger partial charge in [-0.2, -0.15) is 0 Å². The van der Waals surface area contributed by atoms with E-state index in [2.05, 4.69) is 10.3 Å². The number of aryl methyl sites for hydroxylation is 2. The van der Waals surface area contributed by atoms with Gasteiger partial charge in [-0.15, -0.1) is 11.3 Å². The second kappa shape index (κ2) is 8.02. The van der Waals surface area contributed by atoms with Gasteiger partial charge in [0.2, 0.25) is 0 Å². The first-order valence-corrected chi connectivity index (χ1v) is 10.8. The van der Waals surface area contributed by atoms with Crippen LogP contribution < -0.4 is 5.32 Å². The molecule has 0 fully saturated rings. The van der Waals surface area contributed by atoms with Crippen LogP contribution in [0, 0.1) is 13.8 Å². The van der Waals surface area contributed by atoms with Crippen LogP contribution in [0.25, 0.3) is 0 Å². The normalized spacial score (nSPS) is 12.5. The summed E-state index contributed by atoms with van der Waals surface area (Å²) in [5, 5.41) is 3.73. The van der Waals surface area contributed by atoms with Crippen molar-refractivity contribution in [2.75, 3.05) is 6.54 Å². The fraction of sp³-hybridized carbons (Fsp3) is 0.200. The first-order chi connectivity index (χ1) is 12.9. The van der Waals surface area contributed by atoms with Gasteiger partial charge in [-0.25, -0.2) is 8.42 Å². The number of nitrogens with zero attached hydrogens (tertiary/aromatic N) is 1. The lowest BCUT2D eigenvalue weighted by Gasteiger charge is -2.18. The molecule has 27 heavy (non-hydrogen) atoms. The maximum atomic E-state index is 13.3. The summed E-state index contributed by atoms with van der Waals surface area (Å²) >= 11 is 1.36. The van der Waals surface area contributed by atoms with Gasteiger partial charge in [0.1, 0.15) is 5.25 Å². The van der Waals surface area contributed by atoms with Gasteiger partial charge in [0.05, 0.1) is 10.5 Å². The first-order valence-electron chi connectivity index (χ1n) is 8.42. The number of benzene rings is 1. The zero-order valence-electron chi connectivity index (χ0n) is 15.0. The number of hydrogen-bond acceptors (Lipinski definition) is 5. The van der Waals surface area contributed by atoms with Crippen LogP contribution in [0.3, 0.4) is 0 Å². The van der Waals surface area contributed by atoms with E-state index in [0.717, 1.165) is 11.1 Å². The summed E-state index contributed by atoms with van der Waals surface area (Å²) in [6.45, 7) is 3.82. The Morgan fingerprint density at radius 2 is 1.96 bits per heavy atom. The summed E-state index contributed by atoms with van der Waals surface area (Å²) in [4.78, 5) is 17.2. The van der Waals surface area contributed by atoms with Gasteiger partial charge in [-0.1, -0.05) is 12.1 Å². The van der Waals surface area contributed by atoms with E-state index in [0.29, 0.717) is 10.4 Å². The average Bonchev–Trinajstić information content (AvgIpc) is 3.18. The lowest BCUT2D eigenvalue weighted by atomic mass is 10.1. The van der Waals surface area contributed by atoms with Crippen LogP contribution in [0.2, 0.25) is 0 Å². The molecular formula is C20H20N2O3S2. The molecule has 1 amide bonds. The Kier molecular flexibility index (Phi) is 5.72. The van der Waals surface area contributed by atoms with E-state index in [1.54, 1.807) is 36.5 Å². The predicted octanol–water partition coefficient (Wildman–Crippen LogP) is 3.70. The minimum atomic E-state index is -3.66. The summed E-state index contributed by atoms with van der Waals surface area (Å²) < 4.78 is 26.6. The highest BCUT2D eigenvalue weighted by atomic mass is 32.2. The number of sulfone groups is 1. The Balaban J connectivity index is 1.90. The van der Waals surface area contributed by atoms with Crippen LogP contribution in [0.5, 0.6) is 0 Å². The fourth-order valence-corrected chi connectivity index (χ4v) is 5.55. The summed E-state index contributed by atoms with van der Waals surface area (Å²) in [6, 6.07) is 12.0. The van der Waals surface area contributed by atoms with Crippen LogP contribution in [0.1, 0.15) is 31.6 Å². The SMILES string of the molecule is Cc1ccc(S(=O)(=O)[C@@H](CNC(=O)c2cccnc2)c2cccs2)cc1C. The molecule has 3 aromatic rings. The van der Waals surface area contributed by atoms with E-state index in [9.17, 15) is 13.2 Å². The molecular weight excluding hydrogens is 380 g/mol. The molecule has 0 aliphatic rings. The Labute approximate surface area is 163 Å². The third-order valence-electron chi connectivity index (χ3n) is 4.41. The Hall–Kier alpha value is -2.51. The quantitative estimate of drug-likeness (QED) is 0.684. The van der Waals surface area contributed by atoms with Gasteiger partial charge in [-0.3, -0.25) is 9.78 Å². The first kappa shape index (κ1) is 19.3. The van der Waals surface area contributed by atoms with Gasteiger partial charge < -0.3 is 5.32 Å². The van der Waals surface area contributed by atoms with E-state index in [1.807, 2.05) is 31.4 Å². The number of rotatable bonds is 6.